The fraction of sp³-hybridized carbons (Fsp3) is 0.769. The highest BCUT2D eigenvalue weighted by molar-refractivity contribution is 5.04. The second kappa shape index (κ2) is 5.00. The van der Waals surface area contributed by atoms with Crippen LogP contribution in [0.2, 0.25) is 0 Å². The second-order valence-electron chi connectivity index (χ2n) is 5.75. The molecule has 0 radical (unpaired) electrons. The van der Waals surface area contributed by atoms with Gasteiger partial charge in [-0.2, -0.15) is 0 Å². The minimum absolute atomic E-state index is 0.106. The third-order valence-electron chi connectivity index (χ3n) is 3.51. The Hall–Kier alpha value is -0.830. The highest BCUT2D eigenvalue weighted by Crippen LogP contribution is 2.27. The first kappa shape index (κ1) is 13.2. The molecule has 0 aliphatic carbocycles. The van der Waals surface area contributed by atoms with Gasteiger partial charge >= 0.3 is 0 Å². The molecular weight excluding hydrogens is 198 g/mol. The van der Waals surface area contributed by atoms with E-state index in [0.717, 1.165) is 18.7 Å². The molecule has 1 aromatic rings. The van der Waals surface area contributed by atoms with Crippen LogP contribution in [0.5, 0.6) is 0 Å². The van der Waals surface area contributed by atoms with Crippen molar-refractivity contribution in [2.24, 2.45) is 17.1 Å². The van der Waals surface area contributed by atoms with Crippen molar-refractivity contribution < 1.29 is 0 Å². The first-order valence-electron chi connectivity index (χ1n) is 6.11. The first-order valence-corrected chi connectivity index (χ1v) is 6.11. The minimum atomic E-state index is 0.106. The van der Waals surface area contributed by atoms with E-state index >= 15 is 0 Å². The Balaban J connectivity index is 2.78. The summed E-state index contributed by atoms with van der Waals surface area (Å²) in [5.74, 6) is 0.601. The van der Waals surface area contributed by atoms with Gasteiger partial charge < -0.3 is 10.3 Å². The monoisotopic (exact) mass is 223 g/mol. The first-order chi connectivity index (χ1) is 7.36. The third kappa shape index (κ3) is 3.08. The van der Waals surface area contributed by atoms with Gasteiger partial charge in [0.2, 0.25) is 0 Å². The normalized spacial score (nSPS) is 16.1. The Bertz CT molecular complexity index is 322. The van der Waals surface area contributed by atoms with Gasteiger partial charge in [-0.3, -0.25) is 0 Å². The molecule has 16 heavy (non-hydrogen) atoms. The van der Waals surface area contributed by atoms with Crippen molar-refractivity contribution in [3.63, 3.8) is 0 Å². The SMILES string of the molecule is CC[C@@H](N)c1cncn1CC(C)C(C)(C)C. The molecule has 0 spiro atoms. The lowest BCUT2D eigenvalue weighted by molar-refractivity contribution is 0.230. The van der Waals surface area contributed by atoms with Crippen LogP contribution in [0.3, 0.4) is 0 Å². The number of rotatable bonds is 4. The van der Waals surface area contributed by atoms with Gasteiger partial charge in [0.25, 0.3) is 0 Å². The molecule has 0 bridgehead atoms. The highest BCUT2D eigenvalue weighted by Gasteiger charge is 2.21. The lowest BCUT2D eigenvalue weighted by Crippen LogP contribution is -2.24. The molecule has 1 rings (SSSR count). The lowest BCUT2D eigenvalue weighted by Gasteiger charge is -2.28. The molecule has 92 valence electrons. The molecule has 0 saturated carbocycles. The summed E-state index contributed by atoms with van der Waals surface area (Å²) in [5.41, 5.74) is 7.53. The summed E-state index contributed by atoms with van der Waals surface area (Å²) in [5, 5.41) is 0. The van der Waals surface area contributed by atoms with Crippen molar-refractivity contribution in [1.29, 1.82) is 0 Å². The van der Waals surface area contributed by atoms with Gasteiger partial charge in [-0.25, -0.2) is 4.98 Å². The zero-order valence-electron chi connectivity index (χ0n) is 11.2. The average molecular weight is 223 g/mol. The van der Waals surface area contributed by atoms with Crippen LogP contribution in [0.1, 0.15) is 52.8 Å². The van der Waals surface area contributed by atoms with Gasteiger partial charge in [0.15, 0.2) is 0 Å². The molecular formula is C13H25N3. The highest BCUT2D eigenvalue weighted by atomic mass is 15.1. The number of nitrogens with zero attached hydrogens (tertiary/aromatic N) is 2. The second-order valence-corrected chi connectivity index (χ2v) is 5.75. The summed E-state index contributed by atoms with van der Waals surface area (Å²) in [7, 11) is 0. The van der Waals surface area contributed by atoms with E-state index in [1.165, 1.54) is 0 Å². The summed E-state index contributed by atoms with van der Waals surface area (Å²) in [6, 6.07) is 0.106. The van der Waals surface area contributed by atoms with Crippen LogP contribution in [-0.4, -0.2) is 9.55 Å². The van der Waals surface area contributed by atoms with Gasteiger partial charge in [0.05, 0.1) is 12.0 Å². The van der Waals surface area contributed by atoms with Crippen LogP contribution < -0.4 is 5.73 Å². The molecule has 0 fully saturated rings. The Kier molecular flexibility index (Phi) is 4.14. The summed E-state index contributed by atoms with van der Waals surface area (Å²) in [4.78, 5) is 4.21. The number of aromatic nitrogens is 2. The molecule has 3 nitrogen and oxygen atoms in total. The van der Waals surface area contributed by atoms with E-state index in [1.54, 1.807) is 0 Å². The standard InChI is InChI=1S/C13H25N3/c1-6-11(14)12-7-15-9-16(12)8-10(2)13(3,4)5/h7,9-11H,6,8,14H2,1-5H3/t10?,11-/m1/s1. The maximum absolute atomic E-state index is 6.06. The molecule has 2 atom stereocenters. The van der Waals surface area contributed by atoms with Crippen molar-refractivity contribution >= 4 is 0 Å². The number of hydrogen-bond acceptors (Lipinski definition) is 2. The molecule has 0 aromatic carbocycles. The molecule has 1 aromatic heterocycles. The smallest absolute Gasteiger partial charge is 0.0948 e. The zero-order chi connectivity index (χ0) is 12.3. The van der Waals surface area contributed by atoms with E-state index in [4.69, 9.17) is 5.73 Å². The van der Waals surface area contributed by atoms with Gasteiger partial charge in [0, 0.05) is 18.8 Å². The van der Waals surface area contributed by atoms with Crippen molar-refractivity contribution in [1.82, 2.24) is 9.55 Å². The van der Waals surface area contributed by atoms with E-state index in [1.807, 2.05) is 12.5 Å². The Morgan fingerprint density at radius 2 is 2.06 bits per heavy atom. The van der Waals surface area contributed by atoms with Gasteiger partial charge in [0.1, 0.15) is 0 Å². The fourth-order valence-corrected chi connectivity index (χ4v) is 1.57. The van der Waals surface area contributed by atoms with Crippen LogP contribution in [0.25, 0.3) is 0 Å². The number of hydrogen-bond donors (Lipinski definition) is 1. The van der Waals surface area contributed by atoms with Crippen LogP contribution >= 0.6 is 0 Å². The van der Waals surface area contributed by atoms with E-state index in [2.05, 4.69) is 44.2 Å². The number of imidazole rings is 1. The summed E-state index contributed by atoms with van der Waals surface area (Å²) in [6.07, 6.45) is 4.74. The van der Waals surface area contributed by atoms with E-state index in [-0.39, 0.29) is 6.04 Å². The maximum Gasteiger partial charge on any atom is 0.0948 e. The topological polar surface area (TPSA) is 43.8 Å². The third-order valence-corrected chi connectivity index (χ3v) is 3.51. The van der Waals surface area contributed by atoms with Crippen molar-refractivity contribution in [3.8, 4) is 0 Å². The Morgan fingerprint density at radius 1 is 1.44 bits per heavy atom. The molecule has 1 heterocycles. The maximum atomic E-state index is 6.06. The van der Waals surface area contributed by atoms with Crippen molar-refractivity contribution in [2.75, 3.05) is 0 Å². The van der Waals surface area contributed by atoms with Crippen LogP contribution in [0.4, 0.5) is 0 Å². The molecule has 0 saturated heterocycles. The van der Waals surface area contributed by atoms with Crippen molar-refractivity contribution in [3.05, 3.63) is 18.2 Å². The largest absolute Gasteiger partial charge is 0.333 e. The summed E-state index contributed by atoms with van der Waals surface area (Å²) < 4.78 is 2.20. The van der Waals surface area contributed by atoms with Gasteiger partial charge in [-0.05, 0) is 17.8 Å². The van der Waals surface area contributed by atoms with Gasteiger partial charge in [-0.1, -0.05) is 34.6 Å². The molecule has 0 aliphatic rings. The van der Waals surface area contributed by atoms with Crippen molar-refractivity contribution in [2.45, 2.75) is 53.6 Å². The fourth-order valence-electron chi connectivity index (χ4n) is 1.57. The molecule has 0 amide bonds. The molecule has 0 aliphatic heterocycles. The molecule has 1 unspecified atom stereocenters. The van der Waals surface area contributed by atoms with Crippen LogP contribution in [-0.2, 0) is 6.54 Å². The Morgan fingerprint density at radius 3 is 2.56 bits per heavy atom. The van der Waals surface area contributed by atoms with Gasteiger partial charge in [-0.15, -0.1) is 0 Å². The zero-order valence-corrected chi connectivity index (χ0v) is 11.2. The molecule has 3 heteroatoms. The van der Waals surface area contributed by atoms with E-state index in [9.17, 15) is 0 Å². The van der Waals surface area contributed by atoms with Crippen LogP contribution in [0.15, 0.2) is 12.5 Å². The van der Waals surface area contributed by atoms with E-state index < -0.39 is 0 Å². The minimum Gasteiger partial charge on any atom is -0.333 e. The summed E-state index contributed by atoms with van der Waals surface area (Å²) >= 11 is 0. The number of nitrogens with two attached hydrogens (primary N) is 1. The molecule has 2 N–H and O–H groups in total. The predicted molar refractivity (Wildman–Crippen MR) is 68.1 cm³/mol. The lowest BCUT2D eigenvalue weighted by atomic mass is 9.82. The predicted octanol–water partition coefficient (Wildman–Crippen LogP) is 2.98. The Labute approximate surface area is 99.1 Å². The van der Waals surface area contributed by atoms with E-state index in [0.29, 0.717) is 11.3 Å². The van der Waals surface area contributed by atoms with Crippen LogP contribution in [0, 0.1) is 11.3 Å². The average Bonchev–Trinajstić information content (AvgIpc) is 2.63. The summed E-state index contributed by atoms with van der Waals surface area (Å²) in [6.45, 7) is 12.2. The quantitative estimate of drug-likeness (QED) is 0.852.